The van der Waals surface area contributed by atoms with Gasteiger partial charge in [0.05, 0.1) is 18.5 Å². The molecule has 27 heavy (non-hydrogen) atoms. The third-order valence-electron chi connectivity index (χ3n) is 3.90. The molecule has 1 N–H and O–H groups in total. The zero-order valence-electron chi connectivity index (χ0n) is 15.8. The molecule has 140 valence electrons. The molecule has 0 saturated heterocycles. The molecule has 5 nitrogen and oxygen atoms in total. The van der Waals surface area contributed by atoms with E-state index in [4.69, 9.17) is 4.74 Å². The van der Waals surface area contributed by atoms with Crippen molar-refractivity contribution < 1.29 is 13.9 Å². The monoisotopic (exact) mass is 367 g/mol. The summed E-state index contributed by atoms with van der Waals surface area (Å²) in [5.74, 6) is 0.0222. The van der Waals surface area contributed by atoms with Crippen LogP contribution in [-0.2, 0) is 0 Å². The summed E-state index contributed by atoms with van der Waals surface area (Å²) in [5.41, 5.74) is 1.33. The lowest BCUT2D eigenvalue weighted by molar-refractivity contribution is 0.0911. The zero-order chi connectivity index (χ0) is 19.6. The van der Waals surface area contributed by atoms with Gasteiger partial charge in [0, 0.05) is 11.1 Å². The van der Waals surface area contributed by atoms with Crippen molar-refractivity contribution in [3.05, 3.63) is 66.1 Å². The third kappa shape index (κ3) is 4.16. The van der Waals surface area contributed by atoms with Crippen molar-refractivity contribution in [2.24, 2.45) is 0 Å². The number of rotatable bonds is 4. The van der Waals surface area contributed by atoms with Crippen LogP contribution in [0.3, 0.4) is 0 Å². The summed E-state index contributed by atoms with van der Waals surface area (Å²) in [6.45, 7) is 5.70. The first-order valence-corrected chi connectivity index (χ1v) is 8.60. The second-order valence-electron chi connectivity index (χ2n) is 7.21. The van der Waals surface area contributed by atoms with Crippen LogP contribution >= 0.6 is 0 Å². The van der Waals surface area contributed by atoms with E-state index in [9.17, 15) is 9.18 Å². The smallest absolute Gasteiger partial charge is 0.270 e. The molecule has 6 heteroatoms. The second-order valence-corrected chi connectivity index (χ2v) is 7.21. The predicted molar refractivity (Wildman–Crippen MR) is 103 cm³/mol. The fraction of sp³-hybridized carbons (Fsp3) is 0.238. The Hall–Kier alpha value is -3.15. The van der Waals surface area contributed by atoms with E-state index in [0.29, 0.717) is 28.4 Å². The predicted octanol–water partition coefficient (Wildman–Crippen LogP) is 4.22. The van der Waals surface area contributed by atoms with E-state index in [-0.39, 0.29) is 11.7 Å². The van der Waals surface area contributed by atoms with Crippen LogP contribution in [0.15, 0.2) is 54.6 Å². The lowest BCUT2D eigenvalue weighted by atomic mass is 10.1. The normalized spacial score (nSPS) is 11.3. The molecule has 0 radical (unpaired) electrons. The van der Waals surface area contributed by atoms with Gasteiger partial charge in [-0.15, -0.1) is 0 Å². The summed E-state index contributed by atoms with van der Waals surface area (Å²) in [5, 5.41) is 7.42. The van der Waals surface area contributed by atoms with Crippen LogP contribution in [0.4, 0.5) is 4.39 Å². The maximum absolute atomic E-state index is 14.2. The van der Waals surface area contributed by atoms with Crippen LogP contribution in [0.1, 0.15) is 31.3 Å². The minimum absolute atomic E-state index is 0.284. The third-order valence-corrected chi connectivity index (χ3v) is 3.90. The van der Waals surface area contributed by atoms with Crippen molar-refractivity contribution in [1.82, 2.24) is 15.1 Å². The van der Waals surface area contributed by atoms with E-state index < -0.39 is 5.54 Å². The molecular formula is C21H22FN3O2. The van der Waals surface area contributed by atoms with Crippen molar-refractivity contribution in [3.8, 4) is 22.7 Å². The lowest BCUT2D eigenvalue weighted by Crippen LogP contribution is -2.41. The first kappa shape index (κ1) is 18.6. The Morgan fingerprint density at radius 3 is 2.37 bits per heavy atom. The molecule has 0 saturated carbocycles. The Labute approximate surface area is 157 Å². The number of benzene rings is 2. The van der Waals surface area contributed by atoms with Gasteiger partial charge in [-0.2, -0.15) is 5.10 Å². The summed E-state index contributed by atoms with van der Waals surface area (Å²) in [4.78, 5) is 12.8. The van der Waals surface area contributed by atoms with Gasteiger partial charge < -0.3 is 10.1 Å². The Morgan fingerprint density at radius 2 is 1.78 bits per heavy atom. The highest BCUT2D eigenvalue weighted by atomic mass is 19.1. The van der Waals surface area contributed by atoms with Crippen molar-refractivity contribution in [1.29, 1.82) is 0 Å². The average molecular weight is 367 g/mol. The Bertz CT molecular complexity index is 956. The first-order valence-electron chi connectivity index (χ1n) is 8.60. The lowest BCUT2D eigenvalue weighted by Gasteiger charge is -2.20. The molecular weight excluding hydrogens is 345 g/mol. The number of hydrogen-bond acceptors (Lipinski definition) is 3. The highest BCUT2D eigenvalue weighted by Crippen LogP contribution is 2.25. The van der Waals surface area contributed by atoms with Gasteiger partial charge in [-0.3, -0.25) is 4.79 Å². The SMILES string of the molecule is COc1ccc(-n2nc(-c3ccccc3F)cc2C(=O)NC(C)(C)C)cc1. The van der Waals surface area contributed by atoms with Gasteiger partial charge in [-0.05, 0) is 63.2 Å². The Balaban J connectivity index is 2.11. The van der Waals surface area contributed by atoms with Gasteiger partial charge in [0.25, 0.3) is 5.91 Å². The van der Waals surface area contributed by atoms with Crippen molar-refractivity contribution >= 4 is 5.91 Å². The molecule has 0 spiro atoms. The fourth-order valence-corrected chi connectivity index (χ4v) is 2.67. The number of amides is 1. The highest BCUT2D eigenvalue weighted by Gasteiger charge is 2.22. The summed E-state index contributed by atoms with van der Waals surface area (Å²) >= 11 is 0. The Morgan fingerprint density at radius 1 is 1.11 bits per heavy atom. The topological polar surface area (TPSA) is 56.2 Å². The number of hydrogen-bond donors (Lipinski definition) is 1. The summed E-state index contributed by atoms with van der Waals surface area (Å²) in [6.07, 6.45) is 0. The van der Waals surface area contributed by atoms with Gasteiger partial charge in [0.2, 0.25) is 0 Å². The molecule has 0 bridgehead atoms. The van der Waals surface area contributed by atoms with Crippen molar-refractivity contribution in [2.75, 3.05) is 7.11 Å². The molecule has 0 unspecified atom stereocenters. The standard InChI is InChI=1S/C21H22FN3O2/c1-21(2,3)23-20(26)19-13-18(16-7-5-6-8-17(16)22)24-25(19)14-9-11-15(27-4)12-10-14/h5-13H,1-4H3,(H,23,26). The van der Waals surface area contributed by atoms with E-state index in [0.717, 1.165) is 0 Å². The number of carbonyl (C=O) groups excluding carboxylic acids is 1. The molecule has 2 aromatic carbocycles. The number of methoxy groups -OCH3 is 1. The van der Waals surface area contributed by atoms with E-state index in [1.54, 1.807) is 55.6 Å². The summed E-state index contributed by atoms with van der Waals surface area (Å²) in [6, 6.07) is 15.1. The maximum atomic E-state index is 14.2. The number of nitrogens with zero attached hydrogens (tertiary/aromatic N) is 2. The molecule has 1 amide bonds. The molecule has 0 aliphatic carbocycles. The molecule has 0 fully saturated rings. The quantitative estimate of drug-likeness (QED) is 0.751. The van der Waals surface area contributed by atoms with E-state index in [2.05, 4.69) is 10.4 Å². The maximum Gasteiger partial charge on any atom is 0.270 e. The van der Waals surface area contributed by atoms with Crippen LogP contribution in [-0.4, -0.2) is 28.3 Å². The molecule has 0 atom stereocenters. The number of carbonyl (C=O) groups is 1. The van der Waals surface area contributed by atoms with E-state index in [1.165, 1.54) is 10.7 Å². The van der Waals surface area contributed by atoms with Gasteiger partial charge in [0.1, 0.15) is 17.3 Å². The van der Waals surface area contributed by atoms with Crippen LogP contribution in [0.5, 0.6) is 5.75 Å². The van der Waals surface area contributed by atoms with Gasteiger partial charge in [-0.1, -0.05) is 12.1 Å². The van der Waals surface area contributed by atoms with Gasteiger partial charge in [0.15, 0.2) is 0 Å². The number of nitrogens with one attached hydrogen (secondary N) is 1. The fourth-order valence-electron chi connectivity index (χ4n) is 2.67. The number of halogens is 1. The van der Waals surface area contributed by atoms with E-state index in [1.807, 2.05) is 20.8 Å². The van der Waals surface area contributed by atoms with Crippen LogP contribution in [0.25, 0.3) is 16.9 Å². The molecule has 0 aliphatic heterocycles. The number of aromatic nitrogens is 2. The Kier molecular flexibility index (Phi) is 4.99. The van der Waals surface area contributed by atoms with Crippen LogP contribution in [0.2, 0.25) is 0 Å². The van der Waals surface area contributed by atoms with Crippen LogP contribution in [0, 0.1) is 5.82 Å². The molecule has 0 aliphatic rings. The molecule has 1 heterocycles. The highest BCUT2D eigenvalue weighted by molar-refractivity contribution is 5.94. The first-order chi connectivity index (χ1) is 12.8. The number of ether oxygens (including phenoxy) is 1. The van der Waals surface area contributed by atoms with Crippen molar-refractivity contribution in [3.63, 3.8) is 0 Å². The minimum Gasteiger partial charge on any atom is -0.497 e. The minimum atomic E-state index is -0.412. The van der Waals surface area contributed by atoms with Gasteiger partial charge >= 0.3 is 0 Å². The second kappa shape index (κ2) is 7.23. The van der Waals surface area contributed by atoms with Crippen LogP contribution < -0.4 is 10.1 Å². The molecule has 1 aromatic heterocycles. The summed E-state index contributed by atoms with van der Waals surface area (Å²) in [7, 11) is 1.58. The van der Waals surface area contributed by atoms with Gasteiger partial charge in [-0.25, -0.2) is 9.07 Å². The average Bonchev–Trinajstić information content (AvgIpc) is 3.06. The zero-order valence-corrected chi connectivity index (χ0v) is 15.8. The van der Waals surface area contributed by atoms with Crippen molar-refractivity contribution in [2.45, 2.75) is 26.3 Å². The largest absolute Gasteiger partial charge is 0.497 e. The molecule has 3 rings (SSSR count). The summed E-state index contributed by atoms with van der Waals surface area (Å²) < 4.78 is 20.9. The molecule has 3 aromatic rings. The van der Waals surface area contributed by atoms with E-state index >= 15 is 0 Å².